The second-order valence-corrected chi connectivity index (χ2v) is 5.03. The lowest BCUT2D eigenvalue weighted by molar-refractivity contribution is 0.413. The molecular weight excluding hydrogens is 262 g/mol. The number of methoxy groups -OCH3 is 1. The molecule has 1 unspecified atom stereocenters. The van der Waals surface area contributed by atoms with E-state index in [9.17, 15) is 0 Å². The van der Waals surface area contributed by atoms with E-state index in [1.807, 2.05) is 36.4 Å². The number of nitrogens with one attached hydrogen (secondary N) is 1. The maximum atomic E-state index is 5.89. The predicted molar refractivity (Wildman–Crippen MR) is 86.2 cm³/mol. The Bertz CT molecular complexity index is 551. The minimum Gasteiger partial charge on any atom is -0.497 e. The van der Waals surface area contributed by atoms with E-state index in [2.05, 4.69) is 31.3 Å². The van der Waals surface area contributed by atoms with Crippen LogP contribution in [0, 0.1) is 0 Å². The summed E-state index contributed by atoms with van der Waals surface area (Å²) in [6, 6.07) is 16.1. The van der Waals surface area contributed by atoms with Gasteiger partial charge in [-0.2, -0.15) is 0 Å². The average Bonchev–Trinajstić information content (AvgIpc) is 2.53. The fraction of sp³-hybridized carbons (Fsp3) is 0.333. The Hall–Kier alpha value is -2.00. The van der Waals surface area contributed by atoms with E-state index in [4.69, 9.17) is 9.47 Å². The molecule has 0 aromatic heterocycles. The van der Waals surface area contributed by atoms with E-state index in [0.29, 0.717) is 6.04 Å². The van der Waals surface area contributed by atoms with Gasteiger partial charge in [0.2, 0.25) is 0 Å². The molecule has 0 saturated carbocycles. The smallest absolute Gasteiger partial charge is 0.127 e. The first-order chi connectivity index (χ1) is 10.2. The van der Waals surface area contributed by atoms with Crippen molar-refractivity contribution < 1.29 is 9.47 Å². The third-order valence-corrected chi connectivity index (χ3v) is 3.35. The zero-order valence-corrected chi connectivity index (χ0v) is 12.9. The van der Waals surface area contributed by atoms with Crippen LogP contribution in [0.25, 0.3) is 0 Å². The summed E-state index contributed by atoms with van der Waals surface area (Å²) in [6.07, 6.45) is 1.13. The molecule has 0 heterocycles. The van der Waals surface area contributed by atoms with Crippen LogP contribution in [-0.2, 0) is 0 Å². The monoisotopic (exact) mass is 285 g/mol. The number of ether oxygens (including phenoxy) is 2. The summed E-state index contributed by atoms with van der Waals surface area (Å²) in [4.78, 5) is 0. The van der Waals surface area contributed by atoms with Gasteiger partial charge in [-0.25, -0.2) is 0 Å². The molecule has 0 bridgehead atoms. The Kier molecular flexibility index (Phi) is 5.64. The fourth-order valence-corrected chi connectivity index (χ4v) is 2.11. The van der Waals surface area contributed by atoms with Gasteiger partial charge in [-0.3, -0.25) is 0 Å². The summed E-state index contributed by atoms with van der Waals surface area (Å²) in [6.45, 7) is 5.36. The predicted octanol–water partition coefficient (Wildman–Crippen LogP) is 4.55. The van der Waals surface area contributed by atoms with E-state index in [0.717, 1.165) is 30.2 Å². The molecule has 0 radical (unpaired) electrons. The van der Waals surface area contributed by atoms with Gasteiger partial charge >= 0.3 is 0 Å². The third kappa shape index (κ3) is 4.50. The lowest BCUT2D eigenvalue weighted by Crippen LogP contribution is -2.19. The van der Waals surface area contributed by atoms with E-state index in [1.54, 1.807) is 7.11 Å². The quantitative estimate of drug-likeness (QED) is 0.809. The van der Waals surface area contributed by atoms with Crippen molar-refractivity contribution in [3.63, 3.8) is 0 Å². The van der Waals surface area contributed by atoms with Crippen molar-refractivity contribution in [2.45, 2.75) is 26.3 Å². The van der Waals surface area contributed by atoms with Crippen molar-refractivity contribution in [1.82, 2.24) is 5.32 Å². The first-order valence-electron chi connectivity index (χ1n) is 7.38. The summed E-state index contributed by atoms with van der Waals surface area (Å²) in [5, 5.41) is 3.48. The van der Waals surface area contributed by atoms with Crippen LogP contribution in [0.4, 0.5) is 0 Å². The average molecular weight is 285 g/mol. The molecule has 0 spiro atoms. The van der Waals surface area contributed by atoms with E-state index in [1.165, 1.54) is 5.56 Å². The van der Waals surface area contributed by atoms with Crippen molar-refractivity contribution in [1.29, 1.82) is 0 Å². The van der Waals surface area contributed by atoms with Crippen molar-refractivity contribution in [2.24, 2.45) is 0 Å². The van der Waals surface area contributed by atoms with Gasteiger partial charge in [-0.05, 0) is 61.9 Å². The Morgan fingerprint density at radius 2 is 1.71 bits per heavy atom. The van der Waals surface area contributed by atoms with Gasteiger partial charge in [-0.15, -0.1) is 0 Å². The highest BCUT2D eigenvalue weighted by Crippen LogP contribution is 2.26. The molecule has 21 heavy (non-hydrogen) atoms. The lowest BCUT2D eigenvalue weighted by atomic mass is 10.1. The highest BCUT2D eigenvalue weighted by atomic mass is 16.5. The van der Waals surface area contributed by atoms with Crippen LogP contribution < -0.4 is 14.8 Å². The number of benzene rings is 2. The maximum Gasteiger partial charge on any atom is 0.127 e. The second-order valence-electron chi connectivity index (χ2n) is 5.03. The zero-order chi connectivity index (χ0) is 15.1. The van der Waals surface area contributed by atoms with Gasteiger partial charge in [0, 0.05) is 6.04 Å². The van der Waals surface area contributed by atoms with Crippen LogP contribution in [-0.4, -0.2) is 13.7 Å². The van der Waals surface area contributed by atoms with E-state index >= 15 is 0 Å². The summed E-state index contributed by atoms with van der Waals surface area (Å²) in [7, 11) is 1.66. The molecule has 2 rings (SSSR count). The van der Waals surface area contributed by atoms with Crippen molar-refractivity contribution in [3.8, 4) is 17.2 Å². The summed E-state index contributed by atoms with van der Waals surface area (Å²) in [5.74, 6) is 2.48. The molecule has 0 aliphatic carbocycles. The van der Waals surface area contributed by atoms with Gasteiger partial charge in [0.1, 0.15) is 17.2 Å². The first kappa shape index (κ1) is 15.4. The molecular formula is C18H23NO2. The molecule has 0 aliphatic heterocycles. The van der Waals surface area contributed by atoms with Gasteiger partial charge in [0.15, 0.2) is 0 Å². The SMILES string of the molecule is CCCNC(C)c1cccc(Oc2ccc(OC)cc2)c1. The highest BCUT2D eigenvalue weighted by Gasteiger charge is 2.06. The van der Waals surface area contributed by atoms with Crippen molar-refractivity contribution in [2.75, 3.05) is 13.7 Å². The van der Waals surface area contributed by atoms with Gasteiger partial charge < -0.3 is 14.8 Å². The van der Waals surface area contributed by atoms with Gasteiger partial charge in [0.05, 0.1) is 7.11 Å². The van der Waals surface area contributed by atoms with Gasteiger partial charge in [0.25, 0.3) is 0 Å². The number of hydrogen-bond acceptors (Lipinski definition) is 3. The summed E-state index contributed by atoms with van der Waals surface area (Å²) < 4.78 is 11.0. The molecule has 1 N–H and O–H groups in total. The van der Waals surface area contributed by atoms with Crippen LogP contribution in [0.1, 0.15) is 31.9 Å². The Morgan fingerprint density at radius 1 is 1.00 bits per heavy atom. The van der Waals surface area contributed by atoms with Crippen LogP contribution in [0.3, 0.4) is 0 Å². The van der Waals surface area contributed by atoms with Crippen LogP contribution in [0.15, 0.2) is 48.5 Å². The molecule has 2 aromatic carbocycles. The molecule has 2 aromatic rings. The lowest BCUT2D eigenvalue weighted by Gasteiger charge is -2.15. The largest absolute Gasteiger partial charge is 0.497 e. The molecule has 3 nitrogen and oxygen atoms in total. The van der Waals surface area contributed by atoms with E-state index in [-0.39, 0.29) is 0 Å². The van der Waals surface area contributed by atoms with Crippen LogP contribution >= 0.6 is 0 Å². The number of hydrogen-bond donors (Lipinski definition) is 1. The number of rotatable bonds is 7. The highest BCUT2D eigenvalue weighted by molar-refractivity contribution is 5.37. The maximum absolute atomic E-state index is 5.89. The van der Waals surface area contributed by atoms with Crippen molar-refractivity contribution >= 4 is 0 Å². The minimum absolute atomic E-state index is 0.323. The normalized spacial score (nSPS) is 12.0. The molecule has 0 saturated heterocycles. The fourth-order valence-electron chi connectivity index (χ4n) is 2.11. The Morgan fingerprint density at radius 3 is 2.38 bits per heavy atom. The third-order valence-electron chi connectivity index (χ3n) is 3.35. The van der Waals surface area contributed by atoms with Gasteiger partial charge in [-0.1, -0.05) is 19.1 Å². The minimum atomic E-state index is 0.323. The molecule has 0 aliphatic rings. The molecule has 3 heteroatoms. The Labute approximate surface area is 126 Å². The Balaban J connectivity index is 2.06. The molecule has 1 atom stereocenters. The first-order valence-corrected chi connectivity index (χ1v) is 7.38. The second kappa shape index (κ2) is 7.70. The summed E-state index contributed by atoms with van der Waals surface area (Å²) in [5.41, 5.74) is 1.23. The molecule has 112 valence electrons. The van der Waals surface area contributed by atoms with Crippen LogP contribution in [0.5, 0.6) is 17.2 Å². The topological polar surface area (TPSA) is 30.5 Å². The molecule has 0 amide bonds. The zero-order valence-electron chi connectivity index (χ0n) is 12.9. The standard InChI is InChI=1S/C18H23NO2/c1-4-12-19-14(2)15-6-5-7-18(13-15)21-17-10-8-16(20-3)9-11-17/h5-11,13-14,19H,4,12H2,1-3H3. The van der Waals surface area contributed by atoms with Crippen LogP contribution in [0.2, 0.25) is 0 Å². The molecule has 0 fully saturated rings. The van der Waals surface area contributed by atoms with E-state index < -0.39 is 0 Å². The van der Waals surface area contributed by atoms with Crippen molar-refractivity contribution in [3.05, 3.63) is 54.1 Å². The summed E-state index contributed by atoms with van der Waals surface area (Å²) >= 11 is 0.